The second-order valence-corrected chi connectivity index (χ2v) is 6.23. The molecule has 0 radical (unpaired) electrons. The first-order chi connectivity index (χ1) is 11.9. The molecule has 0 unspecified atom stereocenters. The number of carbonyl (C=O) groups excluding carboxylic acids is 1. The van der Waals surface area contributed by atoms with Crippen molar-refractivity contribution in [1.29, 1.82) is 0 Å². The van der Waals surface area contributed by atoms with E-state index >= 15 is 0 Å². The van der Waals surface area contributed by atoms with E-state index in [1.807, 2.05) is 4.90 Å². The lowest BCUT2D eigenvalue weighted by atomic mass is 10.1. The summed E-state index contributed by atoms with van der Waals surface area (Å²) < 4.78 is 40.5. The van der Waals surface area contributed by atoms with Crippen molar-refractivity contribution in [3.05, 3.63) is 65.0 Å². The van der Waals surface area contributed by atoms with Crippen LogP contribution in [-0.2, 0) is 6.54 Å². The Morgan fingerprint density at radius 3 is 2.24 bits per heavy atom. The molecule has 1 heterocycles. The summed E-state index contributed by atoms with van der Waals surface area (Å²) in [6, 6.07) is 8.45. The molecule has 2 aromatic carbocycles. The number of carbonyl (C=O) groups is 1. The molecule has 25 heavy (non-hydrogen) atoms. The van der Waals surface area contributed by atoms with Crippen molar-refractivity contribution < 1.29 is 18.0 Å². The molecule has 3 rings (SSSR count). The van der Waals surface area contributed by atoms with E-state index in [2.05, 4.69) is 4.90 Å². The number of Topliss-reactive ketones (excluding diaryl/α,β-unsaturated/α-hetero) is 1. The molecule has 1 fully saturated rings. The third-order valence-corrected chi connectivity index (χ3v) is 4.46. The van der Waals surface area contributed by atoms with Gasteiger partial charge in [-0.1, -0.05) is 6.07 Å². The number of ketones is 1. The summed E-state index contributed by atoms with van der Waals surface area (Å²) in [6.45, 7) is 4.56. The van der Waals surface area contributed by atoms with Crippen LogP contribution in [0.5, 0.6) is 0 Å². The summed E-state index contributed by atoms with van der Waals surface area (Å²) in [4.78, 5) is 15.4. The zero-order valence-electron chi connectivity index (χ0n) is 13.9. The number of hydrogen-bond acceptors (Lipinski definition) is 3. The number of hydrogen-bond donors (Lipinski definition) is 0. The Hall–Kier alpha value is -2.34. The van der Waals surface area contributed by atoms with Crippen LogP contribution in [0.3, 0.4) is 0 Å². The predicted molar refractivity (Wildman–Crippen MR) is 90.3 cm³/mol. The first-order valence-corrected chi connectivity index (χ1v) is 8.16. The Balaban J connectivity index is 1.62. The van der Waals surface area contributed by atoms with E-state index in [0.29, 0.717) is 49.5 Å². The highest BCUT2D eigenvalue weighted by Gasteiger charge is 2.20. The van der Waals surface area contributed by atoms with E-state index in [-0.39, 0.29) is 5.78 Å². The quantitative estimate of drug-likeness (QED) is 0.789. The predicted octanol–water partition coefficient (Wildman–Crippen LogP) is 3.63. The third kappa shape index (κ3) is 4.02. The molecule has 0 spiro atoms. The minimum absolute atomic E-state index is 0.165. The molecule has 6 heteroatoms. The highest BCUT2D eigenvalue weighted by Crippen LogP contribution is 2.23. The number of benzene rings is 2. The van der Waals surface area contributed by atoms with Gasteiger partial charge in [-0.25, -0.2) is 13.2 Å². The van der Waals surface area contributed by atoms with Crippen molar-refractivity contribution >= 4 is 11.5 Å². The molecular weight excluding hydrogens is 329 g/mol. The number of piperazine rings is 1. The largest absolute Gasteiger partial charge is 0.367 e. The fourth-order valence-corrected chi connectivity index (χ4v) is 3.03. The second kappa shape index (κ2) is 7.27. The van der Waals surface area contributed by atoms with Crippen molar-refractivity contribution in [3.63, 3.8) is 0 Å². The van der Waals surface area contributed by atoms with E-state index in [4.69, 9.17) is 0 Å². The molecule has 0 amide bonds. The molecule has 0 bridgehead atoms. The number of rotatable bonds is 4. The van der Waals surface area contributed by atoms with E-state index in [1.165, 1.54) is 19.1 Å². The van der Waals surface area contributed by atoms with Gasteiger partial charge in [-0.15, -0.1) is 0 Å². The average Bonchev–Trinajstić information content (AvgIpc) is 2.59. The minimum atomic E-state index is -0.849. The van der Waals surface area contributed by atoms with E-state index in [0.717, 1.165) is 6.07 Å². The van der Waals surface area contributed by atoms with Crippen molar-refractivity contribution in [2.24, 2.45) is 0 Å². The van der Waals surface area contributed by atoms with Gasteiger partial charge < -0.3 is 4.90 Å². The molecule has 0 atom stereocenters. The van der Waals surface area contributed by atoms with Crippen molar-refractivity contribution in [1.82, 2.24) is 4.90 Å². The van der Waals surface area contributed by atoms with Gasteiger partial charge in [0.25, 0.3) is 0 Å². The second-order valence-electron chi connectivity index (χ2n) is 6.23. The molecular formula is C19H19F3N2O. The first-order valence-electron chi connectivity index (χ1n) is 8.16. The Labute approximate surface area is 144 Å². The van der Waals surface area contributed by atoms with Crippen LogP contribution in [0.15, 0.2) is 36.4 Å². The number of nitrogens with zero attached hydrogens (tertiary/aromatic N) is 2. The maximum atomic E-state index is 14.2. The first kappa shape index (κ1) is 17.5. The zero-order valence-corrected chi connectivity index (χ0v) is 13.9. The van der Waals surface area contributed by atoms with Crippen LogP contribution >= 0.6 is 0 Å². The van der Waals surface area contributed by atoms with E-state index in [1.54, 1.807) is 18.2 Å². The fraction of sp³-hybridized carbons (Fsp3) is 0.316. The van der Waals surface area contributed by atoms with Crippen LogP contribution in [0.4, 0.5) is 18.9 Å². The highest BCUT2D eigenvalue weighted by molar-refractivity contribution is 5.94. The van der Waals surface area contributed by atoms with Gasteiger partial charge in [-0.3, -0.25) is 9.69 Å². The van der Waals surface area contributed by atoms with Gasteiger partial charge in [0, 0.05) is 38.3 Å². The van der Waals surface area contributed by atoms with Gasteiger partial charge in [-0.2, -0.15) is 0 Å². The highest BCUT2D eigenvalue weighted by atomic mass is 19.2. The average molecular weight is 348 g/mol. The Kier molecular flexibility index (Phi) is 5.08. The van der Waals surface area contributed by atoms with Crippen molar-refractivity contribution in [2.75, 3.05) is 31.1 Å². The summed E-state index contributed by atoms with van der Waals surface area (Å²) in [5.41, 5.74) is 1.56. The normalized spacial score (nSPS) is 15.4. The van der Waals surface area contributed by atoms with Gasteiger partial charge in [0.05, 0.1) is 5.69 Å². The molecule has 2 aromatic rings. The minimum Gasteiger partial charge on any atom is -0.367 e. The van der Waals surface area contributed by atoms with Crippen LogP contribution in [0, 0.1) is 17.5 Å². The molecule has 1 aliphatic rings. The summed E-state index contributed by atoms with van der Waals surface area (Å²) in [7, 11) is 0. The molecule has 1 aliphatic heterocycles. The Bertz CT molecular complexity index is 786. The van der Waals surface area contributed by atoms with Gasteiger partial charge in [0.15, 0.2) is 17.4 Å². The number of halogens is 3. The molecule has 132 valence electrons. The monoisotopic (exact) mass is 348 g/mol. The maximum Gasteiger partial charge on any atom is 0.159 e. The van der Waals surface area contributed by atoms with Crippen molar-refractivity contribution in [2.45, 2.75) is 13.5 Å². The number of anilines is 1. The topological polar surface area (TPSA) is 23.6 Å². The SMILES string of the molecule is CC(=O)c1ccc(N2CCN(Cc3ccc(F)c(F)c3)CC2)c(F)c1. The smallest absolute Gasteiger partial charge is 0.159 e. The standard InChI is InChI=1S/C19H19F3N2O/c1-13(25)15-3-5-19(18(22)11-15)24-8-6-23(7-9-24)12-14-2-4-16(20)17(21)10-14/h2-5,10-11H,6-9,12H2,1H3. The molecule has 0 N–H and O–H groups in total. The van der Waals surface area contributed by atoms with Crippen molar-refractivity contribution in [3.8, 4) is 0 Å². The lowest BCUT2D eigenvalue weighted by Gasteiger charge is -2.36. The fourth-order valence-electron chi connectivity index (χ4n) is 3.03. The summed E-state index contributed by atoms with van der Waals surface area (Å²) in [5, 5.41) is 0. The summed E-state index contributed by atoms with van der Waals surface area (Å²) in [5.74, 6) is -2.26. The van der Waals surface area contributed by atoms with Gasteiger partial charge >= 0.3 is 0 Å². The summed E-state index contributed by atoms with van der Waals surface area (Å²) in [6.07, 6.45) is 0. The summed E-state index contributed by atoms with van der Waals surface area (Å²) >= 11 is 0. The molecule has 0 aliphatic carbocycles. The van der Waals surface area contributed by atoms with Gasteiger partial charge in [-0.05, 0) is 42.8 Å². The van der Waals surface area contributed by atoms with Crippen LogP contribution in [-0.4, -0.2) is 36.9 Å². The lowest BCUT2D eigenvalue weighted by Crippen LogP contribution is -2.46. The van der Waals surface area contributed by atoms with Crippen LogP contribution in [0.25, 0.3) is 0 Å². The lowest BCUT2D eigenvalue weighted by molar-refractivity contribution is 0.101. The molecule has 0 aromatic heterocycles. The van der Waals surface area contributed by atoms with E-state index in [9.17, 15) is 18.0 Å². The third-order valence-electron chi connectivity index (χ3n) is 4.46. The Morgan fingerprint density at radius 2 is 1.64 bits per heavy atom. The zero-order chi connectivity index (χ0) is 18.0. The molecule has 1 saturated heterocycles. The van der Waals surface area contributed by atoms with Crippen LogP contribution in [0.1, 0.15) is 22.8 Å². The molecule has 0 saturated carbocycles. The van der Waals surface area contributed by atoms with Crippen LogP contribution < -0.4 is 4.90 Å². The van der Waals surface area contributed by atoms with E-state index < -0.39 is 17.5 Å². The van der Waals surface area contributed by atoms with Crippen LogP contribution in [0.2, 0.25) is 0 Å². The van der Waals surface area contributed by atoms with Gasteiger partial charge in [0.1, 0.15) is 5.82 Å². The molecule has 3 nitrogen and oxygen atoms in total. The Morgan fingerprint density at radius 1 is 0.920 bits per heavy atom. The van der Waals surface area contributed by atoms with Gasteiger partial charge in [0.2, 0.25) is 0 Å². The maximum absolute atomic E-state index is 14.2.